The van der Waals surface area contributed by atoms with Gasteiger partial charge in [0.2, 0.25) is 0 Å². The number of rotatable bonds is 2. The number of imidazole rings is 1. The summed E-state index contributed by atoms with van der Waals surface area (Å²) in [6, 6.07) is 16.2. The van der Waals surface area contributed by atoms with Crippen molar-refractivity contribution in [2.45, 2.75) is 22.9 Å². The highest BCUT2D eigenvalue weighted by Gasteiger charge is 2.32. The summed E-state index contributed by atoms with van der Waals surface area (Å²) in [5, 5.41) is 11.2. The van der Waals surface area contributed by atoms with Crippen LogP contribution in [0.15, 0.2) is 53.7 Å². The average molecular weight is 282 g/mol. The van der Waals surface area contributed by atoms with Crippen LogP contribution < -0.4 is 0 Å². The zero-order chi connectivity index (χ0) is 13.5. The van der Waals surface area contributed by atoms with Gasteiger partial charge in [-0.2, -0.15) is 0 Å². The van der Waals surface area contributed by atoms with Gasteiger partial charge in [0.15, 0.2) is 5.16 Å². The first-order chi connectivity index (χ1) is 9.81. The minimum absolute atomic E-state index is 0.0618. The lowest BCUT2D eigenvalue weighted by atomic mass is 10.1. The van der Waals surface area contributed by atoms with Gasteiger partial charge in [-0.05, 0) is 23.3 Å². The van der Waals surface area contributed by atoms with Crippen molar-refractivity contribution in [3.63, 3.8) is 0 Å². The number of nitrogens with one attached hydrogen (secondary N) is 1. The molecule has 0 radical (unpaired) electrons. The van der Waals surface area contributed by atoms with Gasteiger partial charge in [0.25, 0.3) is 0 Å². The summed E-state index contributed by atoms with van der Waals surface area (Å²) < 4.78 is 0. The Hall–Kier alpha value is -1.78. The van der Waals surface area contributed by atoms with Gasteiger partial charge in [-0.25, -0.2) is 4.98 Å². The maximum absolute atomic E-state index is 10.3. The van der Waals surface area contributed by atoms with E-state index < -0.39 is 0 Å². The smallest absolute Gasteiger partial charge is 0.167 e. The van der Waals surface area contributed by atoms with Gasteiger partial charge in [-0.1, -0.05) is 48.2 Å². The standard InChI is InChI=1S/C16H14N2OS/c19-14-9-10-5-1-2-6-11(10)15(14)20-16-17-12-7-3-4-8-13(12)18-16/h1-8,14-15,19H,9H2,(H,17,18)/t14-,15-/m1/s1. The van der Waals surface area contributed by atoms with E-state index in [1.807, 2.05) is 36.4 Å². The van der Waals surface area contributed by atoms with Crippen LogP contribution in [0.4, 0.5) is 0 Å². The van der Waals surface area contributed by atoms with Crippen LogP contribution in [0.5, 0.6) is 0 Å². The largest absolute Gasteiger partial charge is 0.391 e. The lowest BCUT2D eigenvalue weighted by Crippen LogP contribution is -2.10. The second kappa shape index (κ2) is 4.65. The van der Waals surface area contributed by atoms with Crippen molar-refractivity contribution in [1.82, 2.24) is 9.97 Å². The summed E-state index contributed by atoms with van der Waals surface area (Å²) in [5.74, 6) is 0. The number of aromatic amines is 1. The first-order valence-corrected chi connectivity index (χ1v) is 7.56. The molecular formula is C16H14N2OS. The third kappa shape index (κ3) is 1.92. The number of hydrogen-bond acceptors (Lipinski definition) is 3. The van der Waals surface area contributed by atoms with Gasteiger partial charge in [-0.3, -0.25) is 0 Å². The van der Waals surface area contributed by atoms with Crippen molar-refractivity contribution >= 4 is 22.8 Å². The molecule has 3 nitrogen and oxygen atoms in total. The van der Waals surface area contributed by atoms with Crippen molar-refractivity contribution in [3.8, 4) is 0 Å². The molecule has 1 heterocycles. The SMILES string of the molecule is O[C@@H]1Cc2ccccc2[C@H]1Sc1nc2ccccc2[nH]1. The number of aliphatic hydroxyl groups excluding tert-OH is 1. The van der Waals surface area contributed by atoms with Gasteiger partial charge in [0, 0.05) is 6.42 Å². The molecular weight excluding hydrogens is 268 g/mol. The lowest BCUT2D eigenvalue weighted by molar-refractivity contribution is 0.184. The Morgan fingerprint density at radius 1 is 1.10 bits per heavy atom. The van der Waals surface area contributed by atoms with E-state index in [4.69, 9.17) is 0 Å². The van der Waals surface area contributed by atoms with E-state index in [0.717, 1.165) is 22.6 Å². The number of aromatic nitrogens is 2. The summed E-state index contributed by atoms with van der Waals surface area (Å²) in [6.45, 7) is 0. The highest BCUT2D eigenvalue weighted by atomic mass is 32.2. The monoisotopic (exact) mass is 282 g/mol. The summed E-state index contributed by atoms with van der Waals surface area (Å²) in [4.78, 5) is 7.89. The fourth-order valence-electron chi connectivity index (χ4n) is 2.78. The molecule has 2 atom stereocenters. The van der Waals surface area contributed by atoms with Crippen molar-refractivity contribution in [3.05, 3.63) is 59.7 Å². The molecule has 0 saturated heterocycles. The third-order valence-corrected chi connectivity index (χ3v) is 4.99. The Balaban J connectivity index is 1.68. The Morgan fingerprint density at radius 3 is 2.80 bits per heavy atom. The third-order valence-electron chi connectivity index (χ3n) is 3.75. The molecule has 4 rings (SSSR count). The van der Waals surface area contributed by atoms with Crippen LogP contribution in [0.1, 0.15) is 16.4 Å². The maximum atomic E-state index is 10.3. The molecule has 2 N–H and O–H groups in total. The molecule has 1 aliphatic rings. The van der Waals surface area contributed by atoms with Gasteiger partial charge in [0.05, 0.1) is 22.4 Å². The van der Waals surface area contributed by atoms with Gasteiger partial charge in [0.1, 0.15) is 0 Å². The van der Waals surface area contributed by atoms with Crippen molar-refractivity contribution in [1.29, 1.82) is 0 Å². The summed E-state index contributed by atoms with van der Waals surface area (Å²) in [5.41, 5.74) is 4.48. The Morgan fingerprint density at radius 2 is 1.90 bits per heavy atom. The van der Waals surface area contributed by atoms with Crippen LogP contribution in [0, 0.1) is 0 Å². The molecule has 0 bridgehead atoms. The molecule has 0 spiro atoms. The van der Waals surface area contributed by atoms with Crippen LogP contribution in [0.25, 0.3) is 11.0 Å². The molecule has 0 aliphatic heterocycles. The number of benzene rings is 2. The highest BCUT2D eigenvalue weighted by Crippen LogP contribution is 2.44. The van der Waals surface area contributed by atoms with E-state index in [1.54, 1.807) is 11.8 Å². The van der Waals surface area contributed by atoms with Crippen LogP contribution in [0.2, 0.25) is 0 Å². The second-order valence-corrected chi connectivity index (χ2v) is 6.20. The quantitative estimate of drug-likeness (QED) is 0.758. The molecule has 1 aromatic heterocycles. The molecule has 2 aromatic carbocycles. The molecule has 0 unspecified atom stereocenters. The number of nitrogens with zero attached hydrogens (tertiary/aromatic N) is 1. The number of thioether (sulfide) groups is 1. The summed E-state index contributed by atoms with van der Waals surface area (Å²) in [6.07, 6.45) is 0.388. The molecule has 0 saturated carbocycles. The molecule has 0 fully saturated rings. The van der Waals surface area contributed by atoms with Gasteiger partial charge >= 0.3 is 0 Å². The van der Waals surface area contributed by atoms with Crippen molar-refractivity contribution in [2.24, 2.45) is 0 Å². The van der Waals surface area contributed by atoms with E-state index in [9.17, 15) is 5.11 Å². The normalized spacial score (nSPS) is 21.2. The summed E-state index contributed by atoms with van der Waals surface area (Å²) >= 11 is 1.61. The fraction of sp³-hybridized carbons (Fsp3) is 0.188. The van der Waals surface area contributed by atoms with Gasteiger partial charge in [-0.15, -0.1) is 0 Å². The van der Waals surface area contributed by atoms with E-state index in [1.165, 1.54) is 11.1 Å². The van der Waals surface area contributed by atoms with Crippen molar-refractivity contribution < 1.29 is 5.11 Å². The molecule has 4 heteroatoms. The molecule has 100 valence electrons. The van der Waals surface area contributed by atoms with E-state index >= 15 is 0 Å². The van der Waals surface area contributed by atoms with Crippen LogP contribution in [-0.4, -0.2) is 21.2 Å². The minimum Gasteiger partial charge on any atom is -0.391 e. The molecule has 0 amide bonds. The minimum atomic E-state index is -0.342. The topological polar surface area (TPSA) is 48.9 Å². The predicted molar refractivity (Wildman–Crippen MR) is 80.8 cm³/mol. The Bertz CT molecular complexity index is 735. The second-order valence-electron chi connectivity index (χ2n) is 5.07. The van der Waals surface area contributed by atoms with Gasteiger partial charge < -0.3 is 10.1 Å². The van der Waals surface area contributed by atoms with Crippen molar-refractivity contribution in [2.75, 3.05) is 0 Å². The number of H-pyrrole nitrogens is 1. The summed E-state index contributed by atoms with van der Waals surface area (Å²) in [7, 11) is 0. The zero-order valence-corrected chi connectivity index (χ0v) is 11.6. The molecule has 1 aliphatic carbocycles. The number of fused-ring (bicyclic) bond motifs is 2. The van der Waals surface area contributed by atoms with Crippen LogP contribution >= 0.6 is 11.8 Å². The maximum Gasteiger partial charge on any atom is 0.167 e. The lowest BCUT2D eigenvalue weighted by Gasteiger charge is -2.13. The zero-order valence-electron chi connectivity index (χ0n) is 10.8. The number of para-hydroxylation sites is 2. The number of hydrogen-bond donors (Lipinski definition) is 2. The molecule has 20 heavy (non-hydrogen) atoms. The van der Waals surface area contributed by atoms with E-state index in [-0.39, 0.29) is 11.4 Å². The van der Waals surface area contributed by atoms with E-state index in [2.05, 4.69) is 22.1 Å². The Labute approximate surface area is 121 Å². The Kier molecular flexibility index (Phi) is 2.79. The first-order valence-electron chi connectivity index (χ1n) is 6.68. The highest BCUT2D eigenvalue weighted by molar-refractivity contribution is 7.99. The first kappa shape index (κ1) is 12.0. The van der Waals surface area contributed by atoms with Crippen LogP contribution in [0.3, 0.4) is 0 Å². The predicted octanol–water partition coefficient (Wildman–Crippen LogP) is 3.31. The number of aliphatic hydroxyl groups is 1. The van der Waals surface area contributed by atoms with Crippen LogP contribution in [-0.2, 0) is 6.42 Å². The van der Waals surface area contributed by atoms with E-state index in [0.29, 0.717) is 0 Å². The molecule has 3 aromatic rings. The fourth-order valence-corrected chi connectivity index (χ4v) is 3.96. The average Bonchev–Trinajstić information content (AvgIpc) is 3.00.